The minimum atomic E-state index is -0.282. The van der Waals surface area contributed by atoms with E-state index in [4.69, 9.17) is 16.9 Å². The molecule has 1 aliphatic heterocycles. The maximum atomic E-state index is 12.0. The van der Waals surface area contributed by atoms with Crippen LogP contribution in [0, 0.1) is 18.3 Å². The fraction of sp³-hybridized carbons (Fsp3) is 0.357. The third-order valence-corrected chi connectivity index (χ3v) is 3.69. The van der Waals surface area contributed by atoms with Gasteiger partial charge in [0, 0.05) is 17.3 Å². The Labute approximate surface area is 122 Å². The van der Waals surface area contributed by atoms with E-state index in [9.17, 15) is 9.59 Å². The van der Waals surface area contributed by atoms with Gasteiger partial charge in [0.15, 0.2) is 0 Å². The molecule has 20 heavy (non-hydrogen) atoms. The Morgan fingerprint density at radius 2 is 1.95 bits per heavy atom. The molecular weight excluding hydrogens is 278 g/mol. The lowest BCUT2D eigenvalue weighted by molar-refractivity contribution is -0.145. The fourth-order valence-electron chi connectivity index (χ4n) is 2.21. The first kappa shape index (κ1) is 14.4. The first-order chi connectivity index (χ1) is 9.54. The van der Waals surface area contributed by atoms with E-state index in [1.165, 1.54) is 0 Å². The van der Waals surface area contributed by atoms with Crippen LogP contribution in [-0.2, 0) is 9.59 Å². The first-order valence-corrected chi connectivity index (χ1v) is 6.62. The Morgan fingerprint density at radius 1 is 1.30 bits per heavy atom. The van der Waals surface area contributed by atoms with Crippen LogP contribution in [0.1, 0.15) is 12.0 Å². The summed E-state index contributed by atoms with van der Waals surface area (Å²) in [5.41, 5.74) is 1.64. The highest BCUT2D eigenvalue weighted by Crippen LogP contribution is 2.27. The minimum Gasteiger partial charge on any atom is -0.353 e. The van der Waals surface area contributed by atoms with Crippen molar-refractivity contribution in [1.29, 1.82) is 5.26 Å². The molecule has 0 N–H and O–H groups in total. The molecule has 0 bridgehead atoms. The lowest BCUT2D eigenvalue weighted by atomic mass is 10.1. The molecule has 0 aliphatic carbocycles. The van der Waals surface area contributed by atoms with E-state index < -0.39 is 0 Å². The van der Waals surface area contributed by atoms with E-state index in [1.54, 1.807) is 17.0 Å². The standard InChI is InChI=1S/C14H14ClN3O2/c1-10-11(15)4-2-5-12(10)17-8-13(19)18(7-3-6-16)14(20)9-17/h2,4-5H,3,7-9H2,1H3. The van der Waals surface area contributed by atoms with Crippen LogP contribution in [0.25, 0.3) is 0 Å². The lowest BCUT2D eigenvalue weighted by Crippen LogP contribution is -2.54. The van der Waals surface area contributed by atoms with Crippen molar-refractivity contribution in [1.82, 2.24) is 4.90 Å². The molecule has 1 saturated heterocycles. The van der Waals surface area contributed by atoms with E-state index in [0.29, 0.717) is 5.02 Å². The van der Waals surface area contributed by atoms with Crippen molar-refractivity contribution in [3.63, 3.8) is 0 Å². The number of hydrogen-bond donors (Lipinski definition) is 0. The molecule has 1 heterocycles. The Bertz CT molecular complexity index is 577. The van der Waals surface area contributed by atoms with Crippen LogP contribution < -0.4 is 4.90 Å². The van der Waals surface area contributed by atoms with E-state index in [2.05, 4.69) is 0 Å². The van der Waals surface area contributed by atoms with Gasteiger partial charge in [-0.2, -0.15) is 5.26 Å². The zero-order chi connectivity index (χ0) is 14.7. The molecule has 5 nitrogen and oxygen atoms in total. The summed E-state index contributed by atoms with van der Waals surface area (Å²) in [6, 6.07) is 7.34. The normalized spacial score (nSPS) is 15.4. The molecule has 0 aromatic heterocycles. The highest BCUT2D eigenvalue weighted by atomic mass is 35.5. The summed E-state index contributed by atoms with van der Waals surface area (Å²) in [6.07, 6.45) is 0.160. The van der Waals surface area contributed by atoms with Crippen molar-refractivity contribution in [3.05, 3.63) is 28.8 Å². The van der Waals surface area contributed by atoms with Crippen molar-refractivity contribution in [3.8, 4) is 6.07 Å². The summed E-state index contributed by atoms with van der Waals surface area (Å²) >= 11 is 6.06. The number of carbonyl (C=O) groups is 2. The smallest absolute Gasteiger partial charge is 0.248 e. The number of benzene rings is 1. The topological polar surface area (TPSA) is 64.4 Å². The Kier molecular flexibility index (Phi) is 4.26. The van der Waals surface area contributed by atoms with E-state index >= 15 is 0 Å². The second-order valence-electron chi connectivity index (χ2n) is 4.59. The molecule has 0 unspecified atom stereocenters. The predicted octanol–water partition coefficient (Wildman–Crippen LogP) is 1.74. The number of anilines is 1. The highest BCUT2D eigenvalue weighted by Gasteiger charge is 2.31. The third-order valence-electron chi connectivity index (χ3n) is 3.28. The minimum absolute atomic E-state index is 0.123. The van der Waals surface area contributed by atoms with Crippen LogP contribution in [0.4, 0.5) is 5.69 Å². The van der Waals surface area contributed by atoms with Crippen molar-refractivity contribution in [2.24, 2.45) is 0 Å². The maximum absolute atomic E-state index is 12.0. The van der Waals surface area contributed by atoms with E-state index in [-0.39, 0.29) is 37.9 Å². The van der Waals surface area contributed by atoms with Gasteiger partial charge in [-0.3, -0.25) is 14.5 Å². The van der Waals surface area contributed by atoms with Crippen LogP contribution >= 0.6 is 11.6 Å². The van der Waals surface area contributed by atoms with E-state index in [1.807, 2.05) is 19.1 Å². The predicted molar refractivity (Wildman–Crippen MR) is 75.4 cm³/mol. The number of nitriles is 1. The van der Waals surface area contributed by atoms with Crippen LogP contribution in [0.3, 0.4) is 0 Å². The highest BCUT2D eigenvalue weighted by molar-refractivity contribution is 6.31. The first-order valence-electron chi connectivity index (χ1n) is 6.25. The van der Waals surface area contributed by atoms with Gasteiger partial charge in [0.1, 0.15) is 0 Å². The summed E-state index contributed by atoms with van der Waals surface area (Å²) in [6.45, 7) is 2.27. The van der Waals surface area contributed by atoms with Crippen LogP contribution in [0.2, 0.25) is 5.02 Å². The summed E-state index contributed by atoms with van der Waals surface area (Å²) in [5, 5.41) is 9.15. The molecule has 1 aromatic carbocycles. The molecule has 1 fully saturated rings. The SMILES string of the molecule is Cc1c(Cl)cccc1N1CC(=O)N(CCC#N)C(=O)C1. The lowest BCUT2D eigenvalue weighted by Gasteiger charge is -2.34. The van der Waals surface area contributed by atoms with Crippen molar-refractivity contribution in [2.45, 2.75) is 13.3 Å². The number of piperazine rings is 1. The Balaban J connectivity index is 2.19. The number of carbonyl (C=O) groups excluding carboxylic acids is 2. The van der Waals surface area contributed by atoms with Crippen LogP contribution in [-0.4, -0.2) is 36.3 Å². The van der Waals surface area contributed by atoms with Gasteiger partial charge in [-0.15, -0.1) is 0 Å². The average molecular weight is 292 g/mol. The van der Waals surface area contributed by atoms with Crippen molar-refractivity contribution in [2.75, 3.05) is 24.5 Å². The number of halogens is 1. The number of imide groups is 1. The average Bonchev–Trinajstić information content (AvgIpc) is 2.41. The fourth-order valence-corrected chi connectivity index (χ4v) is 2.38. The molecular formula is C14H14ClN3O2. The molecule has 104 valence electrons. The molecule has 6 heteroatoms. The van der Waals surface area contributed by atoms with Gasteiger partial charge in [0.2, 0.25) is 11.8 Å². The van der Waals surface area contributed by atoms with E-state index in [0.717, 1.165) is 16.2 Å². The second-order valence-corrected chi connectivity index (χ2v) is 4.99. The quantitative estimate of drug-likeness (QED) is 0.796. The monoisotopic (exact) mass is 291 g/mol. The van der Waals surface area contributed by atoms with Gasteiger partial charge in [0.25, 0.3) is 0 Å². The molecule has 0 radical (unpaired) electrons. The zero-order valence-electron chi connectivity index (χ0n) is 11.1. The summed E-state index contributed by atoms with van der Waals surface area (Å²) in [4.78, 5) is 26.9. The van der Waals surface area contributed by atoms with Crippen molar-refractivity contribution >= 4 is 29.1 Å². The van der Waals surface area contributed by atoms with Crippen LogP contribution in [0.5, 0.6) is 0 Å². The molecule has 0 atom stereocenters. The summed E-state index contributed by atoms with van der Waals surface area (Å²) < 4.78 is 0. The Hall–Kier alpha value is -2.06. The number of hydrogen-bond acceptors (Lipinski definition) is 4. The maximum Gasteiger partial charge on any atom is 0.248 e. The molecule has 2 amide bonds. The number of amides is 2. The molecule has 1 aromatic rings. The van der Waals surface area contributed by atoms with Gasteiger partial charge in [0.05, 0.1) is 25.6 Å². The van der Waals surface area contributed by atoms with Gasteiger partial charge in [-0.05, 0) is 24.6 Å². The molecule has 0 saturated carbocycles. The number of rotatable bonds is 3. The third kappa shape index (κ3) is 2.75. The Morgan fingerprint density at radius 3 is 2.55 bits per heavy atom. The molecule has 1 aliphatic rings. The van der Waals surface area contributed by atoms with Crippen LogP contribution in [0.15, 0.2) is 18.2 Å². The van der Waals surface area contributed by atoms with Gasteiger partial charge in [-0.1, -0.05) is 17.7 Å². The van der Waals surface area contributed by atoms with Gasteiger partial charge >= 0.3 is 0 Å². The zero-order valence-corrected chi connectivity index (χ0v) is 11.9. The van der Waals surface area contributed by atoms with Crippen molar-refractivity contribution < 1.29 is 9.59 Å². The molecule has 2 rings (SSSR count). The largest absolute Gasteiger partial charge is 0.353 e. The van der Waals surface area contributed by atoms with Gasteiger partial charge in [-0.25, -0.2) is 0 Å². The summed E-state index contributed by atoms with van der Waals surface area (Å²) in [7, 11) is 0. The number of nitrogens with zero attached hydrogens (tertiary/aromatic N) is 3. The molecule has 0 spiro atoms. The second kappa shape index (κ2) is 5.93. The summed E-state index contributed by atoms with van der Waals surface area (Å²) in [5.74, 6) is -0.563. The van der Waals surface area contributed by atoms with Gasteiger partial charge < -0.3 is 4.90 Å².